The molecule has 10 aromatic rings. The highest BCUT2D eigenvalue weighted by Gasteiger charge is 2.19. The van der Waals surface area contributed by atoms with Gasteiger partial charge in [0.1, 0.15) is 0 Å². The summed E-state index contributed by atoms with van der Waals surface area (Å²) in [6.45, 7) is 0. The zero-order valence-electron chi connectivity index (χ0n) is 30.5. The van der Waals surface area contributed by atoms with Gasteiger partial charge in [-0.25, -0.2) is 15.0 Å². The van der Waals surface area contributed by atoms with Crippen molar-refractivity contribution in [1.29, 1.82) is 0 Å². The van der Waals surface area contributed by atoms with E-state index in [9.17, 15) is 0 Å². The lowest BCUT2D eigenvalue weighted by Gasteiger charge is -2.19. The molecular formula is C53H35N3. The molecule has 0 aliphatic rings. The Kier molecular flexibility index (Phi) is 8.51. The first kappa shape index (κ1) is 33.1. The van der Waals surface area contributed by atoms with Crippen molar-refractivity contribution >= 4 is 21.5 Å². The second-order valence-corrected chi connectivity index (χ2v) is 13.9. The second-order valence-electron chi connectivity index (χ2n) is 13.9. The van der Waals surface area contributed by atoms with Crippen LogP contribution >= 0.6 is 0 Å². The van der Waals surface area contributed by atoms with Crippen LogP contribution in [0, 0.1) is 0 Å². The van der Waals surface area contributed by atoms with E-state index in [2.05, 4.69) is 176 Å². The lowest BCUT2D eigenvalue weighted by Crippen LogP contribution is -2.00. The van der Waals surface area contributed by atoms with Gasteiger partial charge in [-0.1, -0.05) is 206 Å². The number of aromatic nitrogens is 3. The first-order valence-electron chi connectivity index (χ1n) is 18.9. The van der Waals surface area contributed by atoms with Gasteiger partial charge in [-0.15, -0.1) is 0 Å². The Balaban J connectivity index is 1.11. The van der Waals surface area contributed by atoms with Gasteiger partial charge in [0.25, 0.3) is 0 Å². The van der Waals surface area contributed by atoms with Gasteiger partial charge in [0.05, 0.1) is 0 Å². The van der Waals surface area contributed by atoms with Crippen molar-refractivity contribution in [3.05, 3.63) is 212 Å². The zero-order valence-corrected chi connectivity index (χ0v) is 30.5. The molecule has 0 aliphatic carbocycles. The first-order valence-corrected chi connectivity index (χ1v) is 18.9. The summed E-state index contributed by atoms with van der Waals surface area (Å²) in [4.78, 5) is 15.1. The quantitative estimate of drug-likeness (QED) is 0.154. The minimum atomic E-state index is 0.633. The Morgan fingerprint density at radius 3 is 1.16 bits per heavy atom. The maximum atomic E-state index is 5.09. The van der Waals surface area contributed by atoms with Crippen molar-refractivity contribution in [3.63, 3.8) is 0 Å². The summed E-state index contributed by atoms with van der Waals surface area (Å²) in [6.07, 6.45) is 0. The lowest BCUT2D eigenvalue weighted by atomic mass is 9.84. The van der Waals surface area contributed by atoms with Gasteiger partial charge in [0.2, 0.25) is 0 Å². The highest BCUT2D eigenvalue weighted by molar-refractivity contribution is 6.22. The molecule has 3 nitrogen and oxygen atoms in total. The van der Waals surface area contributed by atoms with E-state index >= 15 is 0 Å². The summed E-state index contributed by atoms with van der Waals surface area (Å²) in [5.41, 5.74) is 12.3. The number of rotatable bonds is 7. The molecule has 0 spiro atoms. The van der Waals surface area contributed by atoms with E-state index in [0.717, 1.165) is 33.4 Å². The third-order valence-electron chi connectivity index (χ3n) is 10.5. The van der Waals surface area contributed by atoms with Crippen LogP contribution in [0.5, 0.6) is 0 Å². The van der Waals surface area contributed by atoms with Crippen molar-refractivity contribution in [2.45, 2.75) is 0 Å². The summed E-state index contributed by atoms with van der Waals surface area (Å²) in [7, 11) is 0. The number of hydrogen-bond acceptors (Lipinski definition) is 3. The topological polar surface area (TPSA) is 38.7 Å². The van der Waals surface area contributed by atoms with Crippen molar-refractivity contribution in [1.82, 2.24) is 15.0 Å². The first-order chi connectivity index (χ1) is 27.8. The van der Waals surface area contributed by atoms with Crippen LogP contribution < -0.4 is 0 Å². The van der Waals surface area contributed by atoms with Crippen molar-refractivity contribution in [3.8, 4) is 78.7 Å². The SMILES string of the molecule is c1ccc(-c2cccc(-c3nc(-c4ccccc4)nc(-c4ccc(-c5c6ccccc6c(-c6ccccc6-c6ccccc6)c6ccccc56)cc4)n3)c2)cc1. The Morgan fingerprint density at radius 2 is 0.589 bits per heavy atom. The number of benzene rings is 9. The van der Waals surface area contributed by atoms with E-state index in [1.54, 1.807) is 0 Å². The van der Waals surface area contributed by atoms with Crippen LogP contribution in [0.15, 0.2) is 212 Å². The Bertz CT molecular complexity index is 2940. The van der Waals surface area contributed by atoms with E-state index in [4.69, 9.17) is 15.0 Å². The van der Waals surface area contributed by atoms with Crippen LogP contribution in [0.25, 0.3) is 100 Å². The van der Waals surface area contributed by atoms with Crippen LogP contribution in [-0.2, 0) is 0 Å². The molecule has 1 aromatic heterocycles. The van der Waals surface area contributed by atoms with E-state index < -0.39 is 0 Å². The predicted molar refractivity (Wildman–Crippen MR) is 233 cm³/mol. The summed E-state index contributed by atoms with van der Waals surface area (Å²) < 4.78 is 0. The zero-order chi connectivity index (χ0) is 37.3. The molecule has 0 atom stereocenters. The molecule has 0 N–H and O–H groups in total. The highest BCUT2D eigenvalue weighted by atomic mass is 15.0. The van der Waals surface area contributed by atoms with Gasteiger partial charge in [-0.05, 0) is 72.1 Å². The number of hydrogen-bond donors (Lipinski definition) is 0. The molecule has 0 amide bonds. The van der Waals surface area contributed by atoms with E-state index in [1.165, 1.54) is 49.4 Å². The van der Waals surface area contributed by atoms with Crippen LogP contribution in [0.4, 0.5) is 0 Å². The lowest BCUT2D eigenvalue weighted by molar-refractivity contribution is 1.07. The molecule has 3 heteroatoms. The summed E-state index contributed by atoms with van der Waals surface area (Å²) in [5, 5.41) is 4.87. The van der Waals surface area contributed by atoms with Crippen LogP contribution in [0.2, 0.25) is 0 Å². The van der Waals surface area contributed by atoms with E-state index in [0.29, 0.717) is 17.5 Å². The Hall–Kier alpha value is -7.49. The highest BCUT2D eigenvalue weighted by Crippen LogP contribution is 2.46. The second kappa shape index (κ2) is 14.4. The average Bonchev–Trinajstić information content (AvgIpc) is 3.29. The monoisotopic (exact) mass is 713 g/mol. The minimum Gasteiger partial charge on any atom is -0.208 e. The van der Waals surface area contributed by atoms with Crippen LogP contribution in [-0.4, -0.2) is 15.0 Å². The standard InChI is InChI=1S/C53H35N3/c1-4-17-36(18-5-1)41-23-16-24-42(35-41)53-55-51(39-21-8-3-9-22-39)54-52(56-53)40-33-31-38(32-34-40)49-45-27-12-14-29-47(45)50(48-30-15-13-28-46(48)49)44-26-11-10-25-43(44)37-19-6-2-7-20-37/h1-35H. The van der Waals surface area contributed by atoms with Gasteiger partial charge in [-0.3, -0.25) is 0 Å². The molecule has 0 fully saturated rings. The normalized spacial score (nSPS) is 11.2. The molecule has 0 aliphatic heterocycles. The average molecular weight is 714 g/mol. The fourth-order valence-electron chi connectivity index (χ4n) is 7.91. The van der Waals surface area contributed by atoms with Gasteiger partial charge in [-0.2, -0.15) is 0 Å². The fourth-order valence-corrected chi connectivity index (χ4v) is 7.91. The molecule has 0 radical (unpaired) electrons. The van der Waals surface area contributed by atoms with Gasteiger partial charge >= 0.3 is 0 Å². The van der Waals surface area contributed by atoms with Gasteiger partial charge < -0.3 is 0 Å². The molecule has 0 saturated heterocycles. The molecule has 56 heavy (non-hydrogen) atoms. The maximum absolute atomic E-state index is 5.09. The molecule has 9 aromatic carbocycles. The van der Waals surface area contributed by atoms with Crippen molar-refractivity contribution in [2.24, 2.45) is 0 Å². The van der Waals surface area contributed by atoms with E-state index in [1.807, 2.05) is 36.4 Å². The molecule has 0 bridgehead atoms. The smallest absolute Gasteiger partial charge is 0.164 e. The molecular weight excluding hydrogens is 679 g/mol. The van der Waals surface area contributed by atoms with E-state index in [-0.39, 0.29) is 0 Å². The number of fused-ring (bicyclic) bond motifs is 2. The number of nitrogens with zero attached hydrogens (tertiary/aromatic N) is 3. The van der Waals surface area contributed by atoms with Crippen molar-refractivity contribution < 1.29 is 0 Å². The maximum Gasteiger partial charge on any atom is 0.164 e. The molecule has 0 unspecified atom stereocenters. The molecule has 0 saturated carbocycles. The van der Waals surface area contributed by atoms with Crippen LogP contribution in [0.3, 0.4) is 0 Å². The largest absolute Gasteiger partial charge is 0.208 e. The minimum absolute atomic E-state index is 0.633. The molecule has 1 heterocycles. The molecule has 262 valence electrons. The van der Waals surface area contributed by atoms with Crippen LogP contribution in [0.1, 0.15) is 0 Å². The van der Waals surface area contributed by atoms with Gasteiger partial charge in [0, 0.05) is 16.7 Å². The third-order valence-corrected chi connectivity index (χ3v) is 10.5. The summed E-state index contributed by atoms with van der Waals surface area (Å²) >= 11 is 0. The summed E-state index contributed by atoms with van der Waals surface area (Å²) in [6, 6.07) is 74.8. The molecule has 10 rings (SSSR count). The Labute approximate surface area is 326 Å². The van der Waals surface area contributed by atoms with Gasteiger partial charge in [0.15, 0.2) is 17.5 Å². The van der Waals surface area contributed by atoms with Crippen molar-refractivity contribution in [2.75, 3.05) is 0 Å². The fraction of sp³-hybridized carbons (Fsp3) is 0. The predicted octanol–water partition coefficient (Wildman–Crippen LogP) is 13.8. The third kappa shape index (κ3) is 6.12. The Morgan fingerprint density at radius 1 is 0.214 bits per heavy atom. The summed E-state index contributed by atoms with van der Waals surface area (Å²) in [5.74, 6) is 1.91.